The summed E-state index contributed by atoms with van der Waals surface area (Å²) < 4.78 is 0. The van der Waals surface area contributed by atoms with Crippen LogP contribution >= 0.6 is 23.2 Å². The number of halogens is 2. The molecule has 3 nitrogen and oxygen atoms in total. The first-order valence-corrected chi connectivity index (χ1v) is 7.27. The average molecular weight is 299 g/mol. The summed E-state index contributed by atoms with van der Waals surface area (Å²) >= 11 is 12.2. The number of aliphatic hydroxyl groups is 1. The lowest BCUT2D eigenvalue weighted by atomic mass is 9.89. The van der Waals surface area contributed by atoms with Gasteiger partial charge in [-0.05, 0) is 31.5 Å². The van der Waals surface area contributed by atoms with E-state index in [1.54, 1.807) is 6.07 Å². The van der Waals surface area contributed by atoms with Crippen LogP contribution in [0.5, 0.6) is 0 Å². The number of hydrogen-bond acceptors (Lipinski definition) is 2. The van der Waals surface area contributed by atoms with Gasteiger partial charge in [-0.2, -0.15) is 0 Å². The van der Waals surface area contributed by atoms with Crippen LogP contribution in [0.15, 0.2) is 18.3 Å². The lowest BCUT2D eigenvalue weighted by Gasteiger charge is -2.27. The fraction of sp³-hybridized carbons (Fsp3) is 0.429. The number of H-pyrrole nitrogens is 1. The standard InChI is InChI=1S/C14H16Cl2N2O/c15-9-4-11(16)13-10(7-18-12(13)5-9)14(19)8-2-1-3-17-6-8/h4-5,7-8,14,17-19H,1-3,6H2. The largest absolute Gasteiger partial charge is 0.388 e. The average Bonchev–Trinajstić information content (AvgIpc) is 2.83. The minimum Gasteiger partial charge on any atom is -0.388 e. The van der Waals surface area contributed by atoms with E-state index < -0.39 is 6.10 Å². The van der Waals surface area contributed by atoms with Gasteiger partial charge in [-0.3, -0.25) is 0 Å². The summed E-state index contributed by atoms with van der Waals surface area (Å²) in [5.74, 6) is 0.236. The molecule has 2 aromatic rings. The zero-order valence-corrected chi connectivity index (χ0v) is 11.9. The molecule has 0 saturated carbocycles. The van der Waals surface area contributed by atoms with Crippen LogP contribution in [-0.4, -0.2) is 23.2 Å². The Morgan fingerprint density at radius 1 is 1.32 bits per heavy atom. The fourth-order valence-corrected chi connectivity index (χ4v) is 3.45. The first-order chi connectivity index (χ1) is 9.16. The van der Waals surface area contributed by atoms with Crippen molar-refractivity contribution in [2.45, 2.75) is 18.9 Å². The number of rotatable bonds is 2. The molecule has 2 heterocycles. The molecule has 0 bridgehead atoms. The first kappa shape index (κ1) is 13.3. The quantitative estimate of drug-likeness (QED) is 0.795. The van der Waals surface area contributed by atoms with E-state index in [0.29, 0.717) is 10.0 Å². The van der Waals surface area contributed by atoms with E-state index in [1.807, 2.05) is 12.3 Å². The monoisotopic (exact) mass is 298 g/mol. The zero-order chi connectivity index (χ0) is 13.4. The molecule has 3 rings (SSSR count). The predicted octanol–water partition coefficient (Wildman–Crippen LogP) is 3.51. The maximum Gasteiger partial charge on any atom is 0.0851 e. The maximum atomic E-state index is 10.6. The van der Waals surface area contributed by atoms with Crippen molar-refractivity contribution in [3.05, 3.63) is 33.9 Å². The SMILES string of the molecule is OC(c1c[nH]c2cc(Cl)cc(Cl)c12)C1CCCNC1. The molecule has 0 aliphatic carbocycles. The maximum absolute atomic E-state index is 10.6. The molecule has 102 valence electrons. The Hall–Kier alpha value is -0.740. The lowest BCUT2D eigenvalue weighted by molar-refractivity contribution is 0.0934. The van der Waals surface area contributed by atoms with Gasteiger partial charge in [-0.1, -0.05) is 23.2 Å². The van der Waals surface area contributed by atoms with E-state index in [2.05, 4.69) is 10.3 Å². The summed E-state index contributed by atoms with van der Waals surface area (Å²) in [6.45, 7) is 1.88. The molecule has 2 atom stereocenters. The zero-order valence-electron chi connectivity index (χ0n) is 10.4. The Morgan fingerprint density at radius 3 is 2.89 bits per heavy atom. The number of piperidine rings is 1. The number of aromatic amines is 1. The molecular formula is C14H16Cl2N2O. The number of aliphatic hydroxyl groups excluding tert-OH is 1. The summed E-state index contributed by atoms with van der Waals surface area (Å²) in [5.41, 5.74) is 1.74. The van der Waals surface area contributed by atoms with Gasteiger partial charge in [0, 0.05) is 40.1 Å². The number of hydrogen-bond donors (Lipinski definition) is 3. The van der Waals surface area contributed by atoms with Gasteiger partial charge in [0.05, 0.1) is 11.1 Å². The molecule has 0 spiro atoms. The highest BCUT2D eigenvalue weighted by Crippen LogP contribution is 2.36. The molecule has 3 N–H and O–H groups in total. The van der Waals surface area contributed by atoms with Gasteiger partial charge in [-0.25, -0.2) is 0 Å². The van der Waals surface area contributed by atoms with Crippen molar-refractivity contribution >= 4 is 34.1 Å². The van der Waals surface area contributed by atoms with Crippen molar-refractivity contribution < 1.29 is 5.11 Å². The van der Waals surface area contributed by atoms with E-state index in [4.69, 9.17) is 23.2 Å². The third-order valence-corrected chi connectivity index (χ3v) is 4.34. The lowest BCUT2D eigenvalue weighted by Crippen LogP contribution is -2.33. The normalized spacial score (nSPS) is 21.7. The van der Waals surface area contributed by atoms with Gasteiger partial charge in [0.2, 0.25) is 0 Å². The minimum atomic E-state index is -0.500. The van der Waals surface area contributed by atoms with Gasteiger partial charge in [-0.15, -0.1) is 0 Å². The van der Waals surface area contributed by atoms with Crippen LogP contribution in [0, 0.1) is 5.92 Å². The summed E-state index contributed by atoms with van der Waals surface area (Å²) in [6.07, 6.45) is 3.47. The molecule has 1 aromatic heterocycles. The molecule has 1 aromatic carbocycles. The Bertz CT molecular complexity index is 590. The summed E-state index contributed by atoms with van der Waals surface area (Å²) in [6, 6.07) is 3.55. The molecule has 5 heteroatoms. The summed E-state index contributed by atoms with van der Waals surface area (Å²) in [4.78, 5) is 3.14. The molecule has 1 fully saturated rings. The second kappa shape index (κ2) is 5.33. The highest BCUT2D eigenvalue weighted by atomic mass is 35.5. The van der Waals surface area contributed by atoms with Crippen LogP contribution in [-0.2, 0) is 0 Å². The van der Waals surface area contributed by atoms with Crippen molar-refractivity contribution in [1.29, 1.82) is 0 Å². The summed E-state index contributed by atoms with van der Waals surface area (Å²) in [7, 11) is 0. The third-order valence-electron chi connectivity index (χ3n) is 3.83. The number of fused-ring (bicyclic) bond motifs is 1. The van der Waals surface area contributed by atoms with E-state index in [0.717, 1.165) is 42.4 Å². The molecule has 1 aliphatic heterocycles. The van der Waals surface area contributed by atoms with Crippen molar-refractivity contribution in [2.24, 2.45) is 5.92 Å². The van der Waals surface area contributed by atoms with Crippen molar-refractivity contribution in [3.8, 4) is 0 Å². The molecule has 1 saturated heterocycles. The van der Waals surface area contributed by atoms with Gasteiger partial charge in [0.15, 0.2) is 0 Å². The third kappa shape index (κ3) is 2.48. The molecular weight excluding hydrogens is 283 g/mol. The van der Waals surface area contributed by atoms with E-state index >= 15 is 0 Å². The van der Waals surface area contributed by atoms with Crippen molar-refractivity contribution in [1.82, 2.24) is 10.3 Å². The van der Waals surface area contributed by atoms with Crippen LogP contribution in [0.2, 0.25) is 10.0 Å². The van der Waals surface area contributed by atoms with E-state index in [-0.39, 0.29) is 5.92 Å². The second-order valence-corrected chi connectivity index (χ2v) is 5.95. The van der Waals surface area contributed by atoms with Gasteiger partial charge in [0.25, 0.3) is 0 Å². The highest BCUT2D eigenvalue weighted by Gasteiger charge is 2.25. The predicted molar refractivity (Wildman–Crippen MR) is 78.9 cm³/mol. The first-order valence-electron chi connectivity index (χ1n) is 6.51. The van der Waals surface area contributed by atoms with Crippen LogP contribution in [0.4, 0.5) is 0 Å². The summed E-state index contributed by atoms with van der Waals surface area (Å²) in [5, 5.41) is 16.0. The van der Waals surface area contributed by atoms with E-state index in [9.17, 15) is 5.11 Å². The molecule has 0 radical (unpaired) electrons. The molecule has 19 heavy (non-hydrogen) atoms. The molecule has 1 aliphatic rings. The highest BCUT2D eigenvalue weighted by molar-refractivity contribution is 6.38. The Balaban J connectivity index is 2.00. The topological polar surface area (TPSA) is 48.0 Å². The van der Waals surface area contributed by atoms with Crippen LogP contribution < -0.4 is 5.32 Å². The number of aromatic nitrogens is 1. The minimum absolute atomic E-state index is 0.236. The Morgan fingerprint density at radius 2 is 2.16 bits per heavy atom. The Labute approximate surface area is 121 Å². The molecule has 0 amide bonds. The fourth-order valence-electron chi connectivity index (χ4n) is 2.84. The van der Waals surface area contributed by atoms with Crippen molar-refractivity contribution in [3.63, 3.8) is 0 Å². The van der Waals surface area contributed by atoms with Gasteiger partial charge < -0.3 is 15.4 Å². The van der Waals surface area contributed by atoms with Crippen LogP contribution in [0.1, 0.15) is 24.5 Å². The van der Waals surface area contributed by atoms with Gasteiger partial charge >= 0.3 is 0 Å². The van der Waals surface area contributed by atoms with Crippen molar-refractivity contribution in [2.75, 3.05) is 13.1 Å². The van der Waals surface area contributed by atoms with Gasteiger partial charge in [0.1, 0.15) is 0 Å². The Kier molecular flexibility index (Phi) is 3.72. The molecule has 2 unspecified atom stereocenters. The smallest absolute Gasteiger partial charge is 0.0851 e. The van der Waals surface area contributed by atoms with E-state index in [1.165, 1.54) is 0 Å². The number of benzene rings is 1. The van der Waals surface area contributed by atoms with Crippen LogP contribution in [0.25, 0.3) is 10.9 Å². The number of nitrogens with one attached hydrogen (secondary N) is 2. The second-order valence-electron chi connectivity index (χ2n) is 5.11. The van der Waals surface area contributed by atoms with Crippen LogP contribution in [0.3, 0.4) is 0 Å².